The summed E-state index contributed by atoms with van der Waals surface area (Å²) in [5, 5.41) is 3.36. The van der Waals surface area contributed by atoms with E-state index in [1.54, 1.807) is 6.92 Å². The number of nitrogens with two attached hydrogens (primary N) is 1. The largest absolute Gasteiger partial charge is 0.374 e. The molecule has 0 aromatic carbocycles. The Kier molecular flexibility index (Phi) is 5.12. The topological polar surface area (TPSA) is 67.6 Å². The summed E-state index contributed by atoms with van der Waals surface area (Å²) >= 11 is 0. The summed E-state index contributed by atoms with van der Waals surface area (Å²) in [7, 11) is 0. The van der Waals surface area contributed by atoms with Gasteiger partial charge >= 0.3 is 0 Å². The summed E-state index contributed by atoms with van der Waals surface area (Å²) < 4.78 is 5.58. The molecule has 3 N–H and O–H groups in total. The highest BCUT2D eigenvalue weighted by Crippen LogP contribution is 2.23. The van der Waals surface area contributed by atoms with Gasteiger partial charge in [-0.2, -0.15) is 0 Å². The van der Waals surface area contributed by atoms with Crippen LogP contribution in [0.1, 0.15) is 19.8 Å². The molecule has 2 rings (SSSR count). The fourth-order valence-electron chi connectivity index (χ4n) is 3.18. The van der Waals surface area contributed by atoms with Crippen LogP contribution in [0.2, 0.25) is 0 Å². The summed E-state index contributed by atoms with van der Waals surface area (Å²) in [6.45, 7) is 6.65. The SMILES string of the molecule is CC(=O)C(C1CCNCC1)N1CCOC(CN)C1. The van der Waals surface area contributed by atoms with E-state index >= 15 is 0 Å². The molecule has 0 amide bonds. The van der Waals surface area contributed by atoms with E-state index in [0.29, 0.717) is 24.9 Å². The molecule has 0 bridgehead atoms. The van der Waals surface area contributed by atoms with Crippen molar-refractivity contribution in [3.63, 3.8) is 0 Å². The summed E-state index contributed by atoms with van der Waals surface area (Å²) in [5.41, 5.74) is 5.67. The van der Waals surface area contributed by atoms with Gasteiger partial charge in [0, 0.05) is 19.6 Å². The molecule has 2 fully saturated rings. The molecule has 0 spiro atoms. The first-order valence-electron chi connectivity index (χ1n) is 6.99. The summed E-state index contributed by atoms with van der Waals surface area (Å²) in [6, 6.07) is 0.0602. The molecule has 0 saturated carbocycles. The van der Waals surface area contributed by atoms with Gasteiger partial charge < -0.3 is 15.8 Å². The highest BCUT2D eigenvalue weighted by Gasteiger charge is 2.34. The van der Waals surface area contributed by atoms with Crippen LogP contribution in [0.3, 0.4) is 0 Å². The van der Waals surface area contributed by atoms with Crippen LogP contribution in [-0.4, -0.2) is 62.2 Å². The van der Waals surface area contributed by atoms with E-state index in [9.17, 15) is 4.79 Å². The molecule has 2 saturated heterocycles. The molecule has 5 heteroatoms. The number of nitrogens with zero attached hydrogens (tertiary/aromatic N) is 1. The van der Waals surface area contributed by atoms with Crippen molar-refractivity contribution in [2.24, 2.45) is 11.7 Å². The maximum absolute atomic E-state index is 12.0. The van der Waals surface area contributed by atoms with Gasteiger partial charge in [0.15, 0.2) is 0 Å². The first-order chi connectivity index (χ1) is 8.72. The molecular weight excluding hydrogens is 230 g/mol. The molecule has 2 unspecified atom stereocenters. The van der Waals surface area contributed by atoms with E-state index in [4.69, 9.17) is 10.5 Å². The second kappa shape index (κ2) is 6.61. The highest BCUT2D eigenvalue weighted by molar-refractivity contribution is 5.81. The number of piperidine rings is 1. The lowest BCUT2D eigenvalue weighted by Gasteiger charge is -2.41. The lowest BCUT2D eigenvalue weighted by Crippen LogP contribution is -2.55. The number of ketones is 1. The number of hydrogen-bond acceptors (Lipinski definition) is 5. The predicted molar refractivity (Wildman–Crippen MR) is 70.4 cm³/mol. The molecule has 0 aliphatic carbocycles. The average molecular weight is 255 g/mol. The van der Waals surface area contributed by atoms with Crippen molar-refractivity contribution in [2.45, 2.75) is 31.9 Å². The molecule has 2 aliphatic heterocycles. The first kappa shape index (κ1) is 13.9. The Morgan fingerprint density at radius 1 is 1.50 bits per heavy atom. The van der Waals surface area contributed by atoms with Gasteiger partial charge in [-0.25, -0.2) is 0 Å². The number of carbonyl (C=O) groups excluding carboxylic acids is 1. The molecular formula is C13H25N3O2. The number of Topliss-reactive ketones (excluding diaryl/α,β-unsaturated/α-hetero) is 1. The maximum atomic E-state index is 12.0. The summed E-state index contributed by atoms with van der Waals surface area (Å²) in [6.07, 6.45) is 2.27. The normalized spacial score (nSPS) is 29.1. The first-order valence-corrected chi connectivity index (χ1v) is 6.99. The molecule has 2 heterocycles. The zero-order valence-electron chi connectivity index (χ0n) is 11.2. The minimum Gasteiger partial charge on any atom is -0.374 e. The van der Waals surface area contributed by atoms with Crippen LogP contribution in [0.5, 0.6) is 0 Å². The quantitative estimate of drug-likeness (QED) is 0.716. The van der Waals surface area contributed by atoms with Crippen molar-refractivity contribution < 1.29 is 9.53 Å². The monoisotopic (exact) mass is 255 g/mol. The van der Waals surface area contributed by atoms with Crippen LogP contribution in [0.15, 0.2) is 0 Å². The van der Waals surface area contributed by atoms with Crippen LogP contribution >= 0.6 is 0 Å². The van der Waals surface area contributed by atoms with Crippen molar-refractivity contribution in [1.29, 1.82) is 0 Å². The number of ether oxygens (including phenoxy) is 1. The zero-order chi connectivity index (χ0) is 13.0. The Morgan fingerprint density at radius 2 is 2.22 bits per heavy atom. The Balaban J connectivity index is 2.01. The third-order valence-electron chi connectivity index (χ3n) is 4.07. The van der Waals surface area contributed by atoms with Gasteiger partial charge in [-0.1, -0.05) is 0 Å². The van der Waals surface area contributed by atoms with E-state index in [0.717, 1.165) is 39.0 Å². The maximum Gasteiger partial charge on any atom is 0.147 e. The van der Waals surface area contributed by atoms with Crippen molar-refractivity contribution in [3.8, 4) is 0 Å². The number of morpholine rings is 1. The second-order valence-electron chi connectivity index (χ2n) is 5.37. The number of nitrogens with one attached hydrogen (secondary N) is 1. The summed E-state index contributed by atoms with van der Waals surface area (Å²) in [5.74, 6) is 0.778. The third kappa shape index (κ3) is 3.29. The molecule has 2 aliphatic rings. The van der Waals surface area contributed by atoms with E-state index in [-0.39, 0.29) is 12.1 Å². The third-order valence-corrected chi connectivity index (χ3v) is 4.07. The minimum atomic E-state index is 0.0602. The van der Waals surface area contributed by atoms with E-state index in [1.807, 2.05) is 0 Å². The smallest absolute Gasteiger partial charge is 0.147 e. The molecule has 5 nitrogen and oxygen atoms in total. The Hall–Kier alpha value is -0.490. The van der Waals surface area contributed by atoms with Crippen LogP contribution in [-0.2, 0) is 9.53 Å². The van der Waals surface area contributed by atoms with Gasteiger partial charge in [-0.05, 0) is 38.8 Å². The molecule has 104 valence electrons. The number of hydrogen-bond donors (Lipinski definition) is 2. The highest BCUT2D eigenvalue weighted by atomic mass is 16.5. The Labute approximate surface area is 109 Å². The lowest BCUT2D eigenvalue weighted by atomic mass is 9.86. The minimum absolute atomic E-state index is 0.0602. The fourth-order valence-corrected chi connectivity index (χ4v) is 3.18. The van der Waals surface area contributed by atoms with Gasteiger partial charge in [0.2, 0.25) is 0 Å². The second-order valence-corrected chi connectivity index (χ2v) is 5.37. The van der Waals surface area contributed by atoms with E-state index in [2.05, 4.69) is 10.2 Å². The van der Waals surface area contributed by atoms with E-state index < -0.39 is 0 Å². The van der Waals surface area contributed by atoms with E-state index in [1.165, 1.54) is 0 Å². The lowest BCUT2D eigenvalue weighted by molar-refractivity contribution is -0.128. The summed E-state index contributed by atoms with van der Waals surface area (Å²) in [4.78, 5) is 14.3. The Morgan fingerprint density at radius 3 is 2.83 bits per heavy atom. The van der Waals surface area contributed by atoms with Gasteiger partial charge in [-0.15, -0.1) is 0 Å². The van der Waals surface area contributed by atoms with Gasteiger partial charge in [0.1, 0.15) is 5.78 Å². The van der Waals surface area contributed by atoms with Crippen molar-refractivity contribution in [1.82, 2.24) is 10.2 Å². The Bertz CT molecular complexity index is 279. The average Bonchev–Trinajstić information content (AvgIpc) is 2.40. The van der Waals surface area contributed by atoms with Gasteiger partial charge in [0.25, 0.3) is 0 Å². The van der Waals surface area contributed by atoms with Crippen LogP contribution in [0.4, 0.5) is 0 Å². The van der Waals surface area contributed by atoms with Crippen molar-refractivity contribution in [3.05, 3.63) is 0 Å². The zero-order valence-corrected chi connectivity index (χ0v) is 11.2. The molecule has 2 atom stereocenters. The van der Waals surface area contributed by atoms with Crippen LogP contribution in [0, 0.1) is 5.92 Å². The molecule has 0 aromatic rings. The van der Waals surface area contributed by atoms with Crippen LogP contribution < -0.4 is 11.1 Å². The van der Waals surface area contributed by atoms with Gasteiger partial charge in [-0.3, -0.25) is 9.69 Å². The fraction of sp³-hybridized carbons (Fsp3) is 0.923. The van der Waals surface area contributed by atoms with Gasteiger partial charge in [0.05, 0.1) is 18.8 Å². The van der Waals surface area contributed by atoms with Crippen molar-refractivity contribution in [2.75, 3.05) is 39.3 Å². The molecule has 0 radical (unpaired) electrons. The molecule has 0 aromatic heterocycles. The molecule has 18 heavy (non-hydrogen) atoms. The number of carbonyl (C=O) groups is 1. The number of rotatable bonds is 4. The standard InChI is InChI=1S/C13H25N3O2/c1-10(17)13(11-2-4-15-5-3-11)16-6-7-18-12(8-14)9-16/h11-13,15H,2-9,14H2,1H3. The predicted octanol–water partition coefficient (Wildman–Crippen LogP) is -0.397. The van der Waals surface area contributed by atoms with Crippen molar-refractivity contribution >= 4 is 5.78 Å². The van der Waals surface area contributed by atoms with Crippen LogP contribution in [0.25, 0.3) is 0 Å².